The van der Waals surface area contributed by atoms with Crippen molar-refractivity contribution in [2.45, 2.75) is 6.61 Å². The second kappa shape index (κ2) is 8.45. The monoisotopic (exact) mass is 340 g/mol. The van der Waals surface area contributed by atoms with Gasteiger partial charge in [0.25, 0.3) is 0 Å². The summed E-state index contributed by atoms with van der Waals surface area (Å²) in [5.41, 5.74) is 0.828. The van der Waals surface area contributed by atoms with Gasteiger partial charge in [-0.05, 0) is 0 Å². The van der Waals surface area contributed by atoms with Gasteiger partial charge in [-0.2, -0.15) is 30.3 Å². The van der Waals surface area contributed by atoms with Crippen molar-refractivity contribution < 1.29 is 34.9 Å². The van der Waals surface area contributed by atoms with E-state index in [0.717, 1.165) is 17.7 Å². The van der Waals surface area contributed by atoms with E-state index in [9.17, 15) is 13.2 Å². The second-order valence-corrected chi connectivity index (χ2v) is 3.40. The molecule has 2 rings (SSSR count). The Kier molecular flexibility index (Phi) is 8.13. The van der Waals surface area contributed by atoms with Crippen molar-refractivity contribution in [3.05, 3.63) is 65.5 Å². The van der Waals surface area contributed by atoms with Crippen molar-refractivity contribution in [3.63, 3.8) is 0 Å². The second-order valence-electron chi connectivity index (χ2n) is 3.40. The summed E-state index contributed by atoms with van der Waals surface area (Å²) in [6, 6.07) is 11.4. The van der Waals surface area contributed by atoms with Gasteiger partial charge in [0.05, 0.1) is 6.61 Å². The first-order valence-electron chi connectivity index (χ1n) is 4.89. The Labute approximate surface area is 135 Å². The average molecular weight is 341 g/mol. The molecule has 0 bridgehead atoms. The molecule has 0 saturated heterocycles. The van der Waals surface area contributed by atoms with E-state index in [1.807, 2.05) is 0 Å². The van der Waals surface area contributed by atoms with Crippen LogP contribution in [0.5, 0.6) is 5.75 Å². The smallest absolute Gasteiger partial charge is 1.00 e. The zero-order chi connectivity index (χ0) is 12.3. The minimum absolute atomic E-state index is 0. The Hall–Kier alpha value is -0.724. The van der Waals surface area contributed by atoms with Gasteiger partial charge in [-0.15, -0.1) is 5.56 Å². The van der Waals surface area contributed by atoms with Crippen LogP contribution >= 0.6 is 0 Å². The Bertz CT molecular complexity index is 500. The Balaban J connectivity index is 0.00000162. The van der Waals surface area contributed by atoms with Crippen LogP contribution in [0.1, 0.15) is 5.56 Å². The first kappa shape index (κ1) is 18.3. The first-order chi connectivity index (χ1) is 8.16. The molecule has 0 atom stereocenters. The molecule has 0 fully saturated rings. The molecular formula is C13H8BrF3MgO. The van der Waals surface area contributed by atoms with E-state index in [2.05, 4.69) is 6.07 Å². The quantitative estimate of drug-likeness (QED) is 0.437. The summed E-state index contributed by atoms with van der Waals surface area (Å²) >= 11 is 0. The molecule has 0 heterocycles. The van der Waals surface area contributed by atoms with Crippen molar-refractivity contribution >= 4 is 23.1 Å². The van der Waals surface area contributed by atoms with E-state index in [0.29, 0.717) is 0 Å². The van der Waals surface area contributed by atoms with Gasteiger partial charge >= 0.3 is 23.1 Å². The van der Waals surface area contributed by atoms with E-state index in [-0.39, 0.29) is 52.4 Å². The Morgan fingerprint density at radius 2 is 1.53 bits per heavy atom. The van der Waals surface area contributed by atoms with Gasteiger partial charge in [-0.25, -0.2) is 13.2 Å². The van der Waals surface area contributed by atoms with Crippen LogP contribution in [0.2, 0.25) is 0 Å². The molecule has 19 heavy (non-hydrogen) atoms. The fraction of sp³-hybridized carbons (Fsp3) is 0.0769. The van der Waals surface area contributed by atoms with Crippen LogP contribution in [0.3, 0.4) is 0 Å². The van der Waals surface area contributed by atoms with E-state index >= 15 is 0 Å². The topological polar surface area (TPSA) is 9.23 Å². The summed E-state index contributed by atoms with van der Waals surface area (Å²) in [5, 5.41) is 0. The van der Waals surface area contributed by atoms with E-state index < -0.39 is 17.5 Å². The standard InChI is InChI=1S/C13H8F3O.BrH.Mg/c14-11-6-10(7-12(15)13(11)16)17-8-9-4-2-1-3-5-9;;/h2-7H,8H2;1H;/q-1;;+2/p-1. The van der Waals surface area contributed by atoms with Crippen LogP contribution in [-0.2, 0) is 6.61 Å². The summed E-state index contributed by atoms with van der Waals surface area (Å²) in [7, 11) is 0. The van der Waals surface area contributed by atoms with Crippen LogP contribution in [0.25, 0.3) is 0 Å². The number of halogens is 4. The van der Waals surface area contributed by atoms with Gasteiger partial charge in [0, 0.05) is 12.1 Å². The SMILES string of the molecule is Fc1cc(OCc2cc[c-]cc2)cc(F)c1F.[Br-].[Mg+2]. The zero-order valence-electron chi connectivity index (χ0n) is 9.80. The maximum atomic E-state index is 12.9. The average Bonchev–Trinajstić information content (AvgIpc) is 2.34. The number of rotatable bonds is 3. The number of hydrogen-bond acceptors (Lipinski definition) is 1. The van der Waals surface area contributed by atoms with Crippen molar-refractivity contribution in [2.24, 2.45) is 0 Å². The summed E-state index contributed by atoms with van der Waals surface area (Å²) in [6.45, 7) is 0.152. The van der Waals surface area contributed by atoms with Crippen molar-refractivity contribution in [2.75, 3.05) is 0 Å². The van der Waals surface area contributed by atoms with Crippen molar-refractivity contribution in [1.29, 1.82) is 0 Å². The Morgan fingerprint density at radius 1 is 1.00 bits per heavy atom. The van der Waals surface area contributed by atoms with Gasteiger partial charge in [0.1, 0.15) is 5.75 Å². The summed E-state index contributed by atoms with van der Waals surface area (Å²) in [4.78, 5) is 0. The maximum Gasteiger partial charge on any atom is 2.00 e. The summed E-state index contributed by atoms with van der Waals surface area (Å²) < 4.78 is 43.5. The third-order valence-electron chi connectivity index (χ3n) is 2.15. The predicted octanol–water partition coefficient (Wildman–Crippen LogP) is 0.106. The molecule has 2 aromatic carbocycles. The molecule has 0 aliphatic rings. The molecule has 1 nitrogen and oxygen atoms in total. The van der Waals surface area contributed by atoms with Crippen molar-refractivity contribution in [3.8, 4) is 5.75 Å². The molecule has 0 aliphatic heterocycles. The van der Waals surface area contributed by atoms with Crippen LogP contribution in [-0.4, -0.2) is 23.1 Å². The minimum atomic E-state index is -1.49. The van der Waals surface area contributed by atoms with E-state index in [1.54, 1.807) is 24.3 Å². The van der Waals surface area contributed by atoms with Crippen molar-refractivity contribution in [1.82, 2.24) is 0 Å². The summed E-state index contributed by atoms with van der Waals surface area (Å²) in [6.07, 6.45) is 0. The van der Waals surface area contributed by atoms with Gasteiger partial charge in [0.15, 0.2) is 17.5 Å². The normalized spacial score (nSPS) is 9.21. The number of benzene rings is 2. The molecule has 0 amide bonds. The Morgan fingerprint density at radius 3 is 2.05 bits per heavy atom. The number of hydrogen-bond donors (Lipinski definition) is 0. The minimum Gasteiger partial charge on any atom is -1.00 e. The fourth-order valence-electron chi connectivity index (χ4n) is 1.30. The molecule has 0 aromatic heterocycles. The largest absolute Gasteiger partial charge is 2.00 e. The zero-order valence-corrected chi connectivity index (χ0v) is 12.8. The number of ether oxygens (including phenoxy) is 1. The third kappa shape index (κ3) is 5.04. The van der Waals surface area contributed by atoms with Gasteiger partial charge in [-0.1, -0.05) is 0 Å². The molecule has 0 unspecified atom stereocenters. The van der Waals surface area contributed by atoms with Gasteiger partial charge < -0.3 is 21.7 Å². The molecule has 0 aliphatic carbocycles. The molecular weight excluding hydrogens is 333 g/mol. The van der Waals surface area contributed by atoms with Crippen LogP contribution in [0.15, 0.2) is 36.4 Å². The van der Waals surface area contributed by atoms with Gasteiger partial charge in [0.2, 0.25) is 0 Å². The molecule has 0 radical (unpaired) electrons. The third-order valence-corrected chi connectivity index (χ3v) is 2.15. The fourth-order valence-corrected chi connectivity index (χ4v) is 1.30. The molecule has 2 aromatic rings. The van der Waals surface area contributed by atoms with Gasteiger partial charge in [-0.3, -0.25) is 0 Å². The maximum absolute atomic E-state index is 12.9. The van der Waals surface area contributed by atoms with E-state index in [1.165, 1.54) is 0 Å². The summed E-state index contributed by atoms with van der Waals surface area (Å²) in [5.74, 6) is -4.07. The molecule has 6 heteroatoms. The molecule has 0 spiro atoms. The molecule has 96 valence electrons. The van der Waals surface area contributed by atoms with E-state index in [4.69, 9.17) is 4.74 Å². The van der Waals surface area contributed by atoms with Crippen LogP contribution in [0.4, 0.5) is 13.2 Å². The predicted molar refractivity (Wildman–Crippen MR) is 61.7 cm³/mol. The first-order valence-corrected chi connectivity index (χ1v) is 4.89. The molecule has 0 saturated carbocycles. The molecule has 0 N–H and O–H groups in total. The van der Waals surface area contributed by atoms with Crippen LogP contribution in [0, 0.1) is 23.5 Å². The van der Waals surface area contributed by atoms with Crippen LogP contribution < -0.4 is 21.7 Å².